The van der Waals surface area contributed by atoms with Gasteiger partial charge in [0.2, 0.25) is 11.8 Å². The summed E-state index contributed by atoms with van der Waals surface area (Å²) in [6.45, 7) is 5.45. The Morgan fingerprint density at radius 3 is 1.88 bits per heavy atom. The molecule has 0 aromatic heterocycles. The minimum Gasteiger partial charge on any atom is -0.457 e. The minimum atomic E-state index is -4.22. The van der Waals surface area contributed by atoms with Gasteiger partial charge in [0.1, 0.15) is 24.1 Å². The van der Waals surface area contributed by atoms with E-state index in [2.05, 4.69) is 5.32 Å². The lowest BCUT2D eigenvalue weighted by Gasteiger charge is -2.34. The summed E-state index contributed by atoms with van der Waals surface area (Å²) >= 11 is 0. The largest absolute Gasteiger partial charge is 0.457 e. The van der Waals surface area contributed by atoms with E-state index >= 15 is 0 Å². The lowest BCUT2D eigenvalue weighted by Crippen LogP contribution is -2.54. The topological polar surface area (TPSA) is 96.0 Å². The lowest BCUT2D eigenvalue weighted by atomic mass is 10.0. The monoisotopic (exact) mass is 689 g/mol. The smallest absolute Gasteiger partial charge is 0.264 e. The summed E-state index contributed by atoms with van der Waals surface area (Å²) in [5.74, 6) is 0.323. The van der Waals surface area contributed by atoms with E-state index < -0.39 is 28.5 Å². The first kappa shape index (κ1) is 35.9. The van der Waals surface area contributed by atoms with Crippen LogP contribution < -0.4 is 14.4 Å². The third kappa shape index (κ3) is 9.39. The van der Waals surface area contributed by atoms with Crippen molar-refractivity contribution in [1.29, 1.82) is 0 Å². The SMILES string of the molecule is CCC(C)NC(=O)C(Cc1ccccc1)N(Cc1ccc(C)cc1)C(=O)CN(c1ccc(Oc2ccccc2)cc1)S(=O)(=O)c1ccccc1. The average Bonchev–Trinajstić information content (AvgIpc) is 3.14. The van der Waals surface area contributed by atoms with Crippen LogP contribution in [0.3, 0.4) is 0 Å². The van der Waals surface area contributed by atoms with Gasteiger partial charge in [-0.05, 0) is 79.9 Å². The van der Waals surface area contributed by atoms with Crippen LogP contribution in [0.25, 0.3) is 0 Å². The molecule has 2 amide bonds. The van der Waals surface area contributed by atoms with E-state index in [-0.39, 0.29) is 35.5 Å². The van der Waals surface area contributed by atoms with E-state index in [4.69, 9.17) is 4.74 Å². The standard InChI is InChI=1S/C41H43N3O5S/c1-4-32(3)42-41(46)39(28-33-14-8-5-9-15-33)43(29-34-22-20-31(2)21-23-34)40(45)30-44(50(47,48)38-18-12-7-13-19-38)35-24-26-37(27-25-35)49-36-16-10-6-11-17-36/h5-27,32,39H,4,28-30H2,1-3H3,(H,42,46). The van der Waals surface area contributed by atoms with Gasteiger partial charge >= 0.3 is 0 Å². The van der Waals surface area contributed by atoms with Crippen LogP contribution in [-0.2, 0) is 32.6 Å². The molecular formula is C41H43N3O5S. The van der Waals surface area contributed by atoms with Crippen LogP contribution in [0.5, 0.6) is 11.5 Å². The molecule has 5 rings (SSSR count). The normalized spacial score (nSPS) is 12.4. The Kier molecular flexibility index (Phi) is 12.1. The number of ether oxygens (including phenoxy) is 1. The summed E-state index contributed by atoms with van der Waals surface area (Å²) in [7, 11) is -4.22. The van der Waals surface area contributed by atoms with Crippen molar-refractivity contribution in [2.75, 3.05) is 10.8 Å². The number of benzene rings is 5. The van der Waals surface area contributed by atoms with Crippen molar-refractivity contribution >= 4 is 27.5 Å². The third-order valence-corrected chi connectivity index (χ3v) is 10.2. The highest BCUT2D eigenvalue weighted by Crippen LogP contribution is 2.29. The number of sulfonamides is 1. The fourth-order valence-corrected chi connectivity index (χ4v) is 6.87. The molecule has 2 unspecified atom stereocenters. The Hall–Kier alpha value is -5.41. The lowest BCUT2D eigenvalue weighted by molar-refractivity contribution is -0.140. The van der Waals surface area contributed by atoms with Gasteiger partial charge < -0.3 is 15.0 Å². The van der Waals surface area contributed by atoms with Gasteiger partial charge in [-0.1, -0.05) is 103 Å². The van der Waals surface area contributed by atoms with Gasteiger partial charge in [0.05, 0.1) is 10.6 Å². The second-order valence-corrected chi connectivity index (χ2v) is 14.1. The van der Waals surface area contributed by atoms with Crippen LogP contribution in [-0.4, -0.2) is 43.8 Å². The fraction of sp³-hybridized carbons (Fsp3) is 0.220. The number of hydrogen-bond acceptors (Lipinski definition) is 5. The number of rotatable bonds is 15. The molecule has 0 radical (unpaired) electrons. The minimum absolute atomic E-state index is 0.0397. The van der Waals surface area contributed by atoms with Crippen LogP contribution in [0.1, 0.15) is 37.0 Å². The number of amides is 2. The summed E-state index contributed by atoms with van der Waals surface area (Å²) in [6.07, 6.45) is 0.959. The molecule has 1 N–H and O–H groups in total. The predicted molar refractivity (Wildman–Crippen MR) is 197 cm³/mol. The number of carbonyl (C=O) groups is 2. The number of para-hydroxylation sites is 1. The van der Waals surface area contributed by atoms with Crippen molar-refractivity contribution in [3.05, 3.63) is 156 Å². The fourth-order valence-electron chi connectivity index (χ4n) is 5.44. The van der Waals surface area contributed by atoms with Crippen LogP contribution in [0, 0.1) is 6.92 Å². The predicted octanol–water partition coefficient (Wildman–Crippen LogP) is 7.54. The highest BCUT2D eigenvalue weighted by atomic mass is 32.2. The van der Waals surface area contributed by atoms with Gasteiger partial charge in [0, 0.05) is 19.0 Å². The molecule has 0 spiro atoms. The number of aryl methyl sites for hydroxylation is 1. The van der Waals surface area contributed by atoms with Crippen molar-refractivity contribution in [1.82, 2.24) is 10.2 Å². The highest BCUT2D eigenvalue weighted by molar-refractivity contribution is 7.92. The van der Waals surface area contributed by atoms with Crippen LogP contribution in [0.2, 0.25) is 0 Å². The van der Waals surface area contributed by atoms with Gasteiger partial charge in [-0.25, -0.2) is 8.42 Å². The summed E-state index contributed by atoms with van der Waals surface area (Å²) in [6, 6.07) is 40.1. The molecule has 9 heteroatoms. The molecule has 0 fully saturated rings. The second-order valence-electron chi connectivity index (χ2n) is 12.3. The third-order valence-electron chi connectivity index (χ3n) is 8.46. The summed E-state index contributed by atoms with van der Waals surface area (Å²) in [4.78, 5) is 30.3. The quantitative estimate of drug-likeness (QED) is 0.123. The van der Waals surface area contributed by atoms with E-state index in [0.29, 0.717) is 17.9 Å². The van der Waals surface area contributed by atoms with E-state index in [1.807, 2.05) is 106 Å². The van der Waals surface area contributed by atoms with E-state index in [1.54, 1.807) is 42.5 Å². The molecule has 0 saturated heterocycles. The zero-order valence-corrected chi connectivity index (χ0v) is 29.4. The average molecular weight is 690 g/mol. The Labute approximate surface area is 295 Å². The van der Waals surface area contributed by atoms with E-state index in [9.17, 15) is 18.0 Å². The number of carbonyl (C=O) groups excluding carboxylic acids is 2. The first-order valence-corrected chi connectivity index (χ1v) is 18.2. The van der Waals surface area contributed by atoms with Gasteiger partial charge in [0.15, 0.2) is 0 Å². The van der Waals surface area contributed by atoms with Gasteiger partial charge in [-0.15, -0.1) is 0 Å². The van der Waals surface area contributed by atoms with Crippen molar-refractivity contribution < 1.29 is 22.7 Å². The Morgan fingerprint density at radius 1 is 0.720 bits per heavy atom. The maximum absolute atomic E-state index is 14.7. The molecule has 0 aliphatic carbocycles. The number of anilines is 1. The zero-order valence-electron chi connectivity index (χ0n) is 28.6. The van der Waals surface area contributed by atoms with Gasteiger partial charge in [-0.2, -0.15) is 0 Å². The van der Waals surface area contributed by atoms with Gasteiger partial charge in [-0.3, -0.25) is 13.9 Å². The Balaban J connectivity index is 1.55. The van der Waals surface area contributed by atoms with Crippen LogP contribution >= 0.6 is 0 Å². The maximum Gasteiger partial charge on any atom is 0.264 e. The summed E-state index contributed by atoms with van der Waals surface area (Å²) in [5.41, 5.74) is 3.03. The van der Waals surface area contributed by atoms with Crippen molar-refractivity contribution in [3.63, 3.8) is 0 Å². The second kappa shape index (κ2) is 16.8. The highest BCUT2D eigenvalue weighted by Gasteiger charge is 2.35. The maximum atomic E-state index is 14.7. The number of nitrogens with zero attached hydrogens (tertiary/aromatic N) is 2. The zero-order chi connectivity index (χ0) is 35.5. The van der Waals surface area contributed by atoms with Crippen LogP contribution in [0.15, 0.2) is 144 Å². The molecule has 5 aromatic carbocycles. The first-order chi connectivity index (χ1) is 24.1. The molecule has 0 heterocycles. The molecule has 5 aromatic rings. The van der Waals surface area contributed by atoms with E-state index in [0.717, 1.165) is 21.0 Å². The molecule has 0 aliphatic rings. The van der Waals surface area contributed by atoms with E-state index in [1.165, 1.54) is 17.0 Å². The molecule has 8 nitrogen and oxygen atoms in total. The first-order valence-electron chi connectivity index (χ1n) is 16.7. The molecular weight excluding hydrogens is 647 g/mol. The Bertz CT molecular complexity index is 1940. The van der Waals surface area contributed by atoms with Crippen molar-refractivity contribution in [2.45, 2.75) is 57.1 Å². The molecule has 0 bridgehead atoms. The molecule has 258 valence electrons. The van der Waals surface area contributed by atoms with Crippen molar-refractivity contribution in [3.8, 4) is 11.5 Å². The molecule has 0 aliphatic heterocycles. The van der Waals surface area contributed by atoms with Gasteiger partial charge in [0.25, 0.3) is 10.0 Å². The summed E-state index contributed by atoms with van der Waals surface area (Å²) < 4.78 is 35.6. The molecule has 0 saturated carbocycles. The number of nitrogens with one attached hydrogen (secondary N) is 1. The molecule has 2 atom stereocenters. The number of hydrogen-bond donors (Lipinski definition) is 1. The Morgan fingerprint density at radius 2 is 1.28 bits per heavy atom. The molecule has 50 heavy (non-hydrogen) atoms. The summed E-state index contributed by atoms with van der Waals surface area (Å²) in [5, 5.41) is 3.07. The van der Waals surface area contributed by atoms with Crippen LogP contribution in [0.4, 0.5) is 5.69 Å². The van der Waals surface area contributed by atoms with Crippen molar-refractivity contribution in [2.24, 2.45) is 0 Å².